The van der Waals surface area contributed by atoms with Crippen molar-refractivity contribution in [3.05, 3.63) is 181 Å². The lowest BCUT2D eigenvalue weighted by Crippen LogP contribution is -2.11. The molecule has 0 bridgehead atoms. The number of hydrogen-bond acceptors (Lipinski definition) is 1. The molecule has 0 fully saturated rings. The lowest BCUT2D eigenvalue weighted by atomic mass is 9.99. The van der Waals surface area contributed by atoms with Crippen molar-refractivity contribution in [2.45, 2.75) is 0 Å². The molecule has 0 unspecified atom stereocenters. The lowest BCUT2D eigenvalue weighted by Gasteiger charge is -2.27. The highest BCUT2D eigenvalue weighted by molar-refractivity contribution is 6.10. The molecular formula is C44H30N2. The fraction of sp³-hybridized carbons (Fsp3) is 0. The molecule has 1 aliphatic heterocycles. The van der Waals surface area contributed by atoms with Crippen LogP contribution < -0.4 is 4.90 Å². The van der Waals surface area contributed by atoms with Gasteiger partial charge in [-0.1, -0.05) is 121 Å². The van der Waals surface area contributed by atoms with Gasteiger partial charge in [-0.25, -0.2) is 0 Å². The van der Waals surface area contributed by atoms with Gasteiger partial charge in [-0.3, -0.25) is 0 Å². The average molecular weight is 587 g/mol. The van der Waals surface area contributed by atoms with Crippen LogP contribution in [0.4, 0.5) is 17.1 Å². The van der Waals surface area contributed by atoms with Crippen molar-refractivity contribution >= 4 is 51.0 Å². The van der Waals surface area contributed by atoms with Gasteiger partial charge in [-0.15, -0.1) is 0 Å². The molecule has 2 heterocycles. The minimum absolute atomic E-state index is 1.14. The van der Waals surface area contributed by atoms with Crippen LogP contribution in [-0.2, 0) is 0 Å². The normalized spacial score (nSPS) is 12.2. The first-order chi connectivity index (χ1) is 22.8. The van der Waals surface area contributed by atoms with Crippen LogP contribution in [0.5, 0.6) is 0 Å². The second-order valence-corrected chi connectivity index (χ2v) is 11.8. The smallest absolute Gasteiger partial charge is 0.0541 e. The van der Waals surface area contributed by atoms with E-state index in [0.29, 0.717) is 0 Å². The third-order valence-corrected chi connectivity index (χ3v) is 9.14. The first kappa shape index (κ1) is 26.3. The number of anilines is 3. The summed E-state index contributed by atoms with van der Waals surface area (Å²) in [5, 5.41) is 2.52. The predicted molar refractivity (Wildman–Crippen MR) is 195 cm³/mol. The van der Waals surface area contributed by atoms with Gasteiger partial charge in [0, 0.05) is 22.1 Å². The molecule has 2 heteroatoms. The van der Waals surface area contributed by atoms with Gasteiger partial charge in [-0.2, -0.15) is 0 Å². The third-order valence-electron chi connectivity index (χ3n) is 9.14. The summed E-state index contributed by atoms with van der Waals surface area (Å²) in [5.41, 5.74) is 14.3. The molecule has 0 aliphatic carbocycles. The third kappa shape index (κ3) is 4.35. The van der Waals surface area contributed by atoms with Crippen LogP contribution in [0, 0.1) is 0 Å². The molecule has 46 heavy (non-hydrogen) atoms. The number of benzene rings is 7. The van der Waals surface area contributed by atoms with Crippen molar-refractivity contribution < 1.29 is 0 Å². The van der Waals surface area contributed by atoms with E-state index >= 15 is 0 Å². The van der Waals surface area contributed by atoms with Gasteiger partial charge < -0.3 is 9.47 Å². The molecule has 9 rings (SSSR count). The summed E-state index contributed by atoms with van der Waals surface area (Å²) in [4.78, 5) is 2.39. The van der Waals surface area contributed by atoms with Gasteiger partial charge in [0.1, 0.15) is 0 Å². The van der Waals surface area contributed by atoms with E-state index in [4.69, 9.17) is 0 Å². The first-order valence-corrected chi connectivity index (χ1v) is 15.8. The quantitative estimate of drug-likeness (QED) is 0.199. The molecule has 7 aromatic carbocycles. The summed E-state index contributed by atoms with van der Waals surface area (Å²) in [7, 11) is 0. The average Bonchev–Trinajstić information content (AvgIpc) is 3.36. The van der Waals surface area contributed by atoms with E-state index in [9.17, 15) is 0 Å². The molecule has 2 nitrogen and oxygen atoms in total. The van der Waals surface area contributed by atoms with Gasteiger partial charge >= 0.3 is 0 Å². The van der Waals surface area contributed by atoms with Gasteiger partial charge in [0.15, 0.2) is 0 Å². The Morgan fingerprint density at radius 1 is 0.326 bits per heavy atom. The summed E-state index contributed by atoms with van der Waals surface area (Å²) in [6, 6.07) is 61.2. The highest BCUT2D eigenvalue weighted by Gasteiger charge is 2.21. The first-order valence-electron chi connectivity index (χ1n) is 15.8. The number of aromatic nitrogens is 1. The van der Waals surface area contributed by atoms with Crippen molar-refractivity contribution in [3.63, 3.8) is 0 Å². The molecule has 0 amide bonds. The van der Waals surface area contributed by atoms with E-state index in [0.717, 1.165) is 5.69 Å². The van der Waals surface area contributed by atoms with Crippen LogP contribution in [0.3, 0.4) is 0 Å². The number of para-hydroxylation sites is 3. The Morgan fingerprint density at radius 2 is 0.913 bits per heavy atom. The van der Waals surface area contributed by atoms with Crippen molar-refractivity contribution in [1.29, 1.82) is 0 Å². The molecule has 0 saturated heterocycles. The maximum atomic E-state index is 2.39. The van der Waals surface area contributed by atoms with Crippen LogP contribution in [0.15, 0.2) is 170 Å². The summed E-state index contributed by atoms with van der Waals surface area (Å²) in [6.45, 7) is 0. The number of rotatable bonds is 4. The van der Waals surface area contributed by atoms with Crippen molar-refractivity contribution in [3.8, 4) is 27.9 Å². The van der Waals surface area contributed by atoms with Crippen LogP contribution in [0.25, 0.3) is 61.9 Å². The van der Waals surface area contributed by atoms with E-state index in [2.05, 4.69) is 191 Å². The highest BCUT2D eigenvalue weighted by Crippen LogP contribution is 2.44. The van der Waals surface area contributed by atoms with E-state index in [1.165, 1.54) is 72.2 Å². The van der Waals surface area contributed by atoms with Crippen LogP contribution in [-0.4, -0.2) is 4.57 Å². The fourth-order valence-electron chi connectivity index (χ4n) is 6.93. The Labute approximate surface area is 268 Å². The molecule has 1 aromatic heterocycles. The van der Waals surface area contributed by atoms with E-state index in [1.54, 1.807) is 0 Å². The van der Waals surface area contributed by atoms with E-state index in [1.807, 2.05) is 0 Å². The van der Waals surface area contributed by atoms with Crippen molar-refractivity contribution in [2.75, 3.05) is 4.90 Å². The molecule has 8 aromatic rings. The Kier molecular flexibility index (Phi) is 6.17. The lowest BCUT2D eigenvalue weighted by molar-refractivity contribution is 1.18. The molecular weight excluding hydrogens is 556 g/mol. The molecule has 0 N–H and O–H groups in total. The van der Waals surface area contributed by atoms with Crippen molar-refractivity contribution in [2.24, 2.45) is 0 Å². The topological polar surface area (TPSA) is 8.17 Å². The SMILES string of the molecule is C1=Cc2cc(-c3ccc4c(c3)c3ccccc3n4-c3ccccc3)ccc2N(c2ccc(-c3ccccc3)cc2)c2ccccc21. The van der Waals surface area contributed by atoms with Gasteiger partial charge in [0.2, 0.25) is 0 Å². The molecule has 216 valence electrons. The fourth-order valence-corrected chi connectivity index (χ4v) is 6.93. The largest absolute Gasteiger partial charge is 0.309 e. The van der Waals surface area contributed by atoms with Crippen molar-refractivity contribution in [1.82, 2.24) is 4.57 Å². The Hall–Kier alpha value is -6.12. The summed E-state index contributed by atoms with van der Waals surface area (Å²) in [5.74, 6) is 0. The molecule has 0 saturated carbocycles. The number of nitrogens with zero attached hydrogens (tertiary/aromatic N) is 2. The maximum absolute atomic E-state index is 2.39. The zero-order valence-corrected chi connectivity index (χ0v) is 25.2. The summed E-state index contributed by atoms with van der Waals surface area (Å²) in [6.07, 6.45) is 4.50. The minimum Gasteiger partial charge on any atom is -0.309 e. The maximum Gasteiger partial charge on any atom is 0.0541 e. The molecule has 1 aliphatic rings. The van der Waals surface area contributed by atoms with Gasteiger partial charge in [0.25, 0.3) is 0 Å². The van der Waals surface area contributed by atoms with Crippen LogP contribution in [0.2, 0.25) is 0 Å². The Balaban J connectivity index is 1.17. The van der Waals surface area contributed by atoms with E-state index < -0.39 is 0 Å². The number of fused-ring (bicyclic) bond motifs is 5. The second-order valence-electron chi connectivity index (χ2n) is 11.8. The summed E-state index contributed by atoms with van der Waals surface area (Å²) >= 11 is 0. The standard InChI is InChI=1S/C44H30N2/c1-3-11-31(12-4-1)32-21-25-38(26-22-32)45-41-17-9-7-13-33(41)19-20-36-29-34(23-27-42(36)45)35-24-28-44-40(30-35)39-16-8-10-18-43(39)46(44)37-14-5-2-6-15-37/h1-30H. The summed E-state index contributed by atoms with van der Waals surface area (Å²) < 4.78 is 2.37. The molecule has 0 atom stereocenters. The van der Waals surface area contributed by atoms with Crippen LogP contribution in [0.1, 0.15) is 11.1 Å². The Bertz CT molecular complexity index is 2400. The van der Waals surface area contributed by atoms with Crippen LogP contribution >= 0.6 is 0 Å². The monoisotopic (exact) mass is 586 g/mol. The second kappa shape index (κ2) is 10.8. The predicted octanol–water partition coefficient (Wildman–Crippen LogP) is 12.1. The van der Waals surface area contributed by atoms with Gasteiger partial charge in [-0.05, 0) is 94.0 Å². The minimum atomic E-state index is 1.14. The molecule has 0 radical (unpaired) electrons. The molecule has 0 spiro atoms. The van der Waals surface area contributed by atoms with Gasteiger partial charge in [0.05, 0.1) is 22.4 Å². The Morgan fingerprint density at radius 3 is 1.76 bits per heavy atom. The zero-order valence-electron chi connectivity index (χ0n) is 25.2. The zero-order chi connectivity index (χ0) is 30.5. The number of hydrogen-bond donors (Lipinski definition) is 0. The van der Waals surface area contributed by atoms with E-state index in [-0.39, 0.29) is 0 Å². The highest BCUT2D eigenvalue weighted by atomic mass is 15.1.